The lowest BCUT2D eigenvalue weighted by Gasteiger charge is -2.16. The molecule has 1 N–H and O–H groups in total. The van der Waals surface area contributed by atoms with Gasteiger partial charge in [0.05, 0.1) is 16.7 Å². The summed E-state index contributed by atoms with van der Waals surface area (Å²) < 4.78 is 1.65. The minimum Gasteiger partial charge on any atom is -0.355 e. The van der Waals surface area contributed by atoms with Gasteiger partial charge in [-0.05, 0) is 50.1 Å². The molecule has 0 spiro atoms. The minimum atomic E-state index is -0.0864. The molecule has 1 heterocycles. The first kappa shape index (κ1) is 20.4. The molecule has 28 heavy (non-hydrogen) atoms. The average molecular weight is 416 g/mol. The summed E-state index contributed by atoms with van der Waals surface area (Å²) in [5.41, 5.74) is 1.68. The first-order chi connectivity index (χ1) is 13.5. The molecule has 1 amide bonds. The maximum atomic E-state index is 12.8. The van der Waals surface area contributed by atoms with E-state index in [1.165, 1.54) is 11.8 Å². The molecule has 7 heteroatoms. The van der Waals surface area contributed by atoms with Crippen LogP contribution in [0.3, 0.4) is 0 Å². The van der Waals surface area contributed by atoms with Crippen molar-refractivity contribution in [3.05, 3.63) is 69.5 Å². The van der Waals surface area contributed by atoms with E-state index < -0.39 is 0 Å². The van der Waals surface area contributed by atoms with Crippen LogP contribution in [-0.4, -0.2) is 27.8 Å². The first-order valence-electron chi connectivity index (χ1n) is 9.11. The maximum absolute atomic E-state index is 12.8. The van der Waals surface area contributed by atoms with E-state index in [9.17, 15) is 9.59 Å². The number of nitrogens with zero attached hydrogens (tertiary/aromatic N) is 2. The van der Waals surface area contributed by atoms with Crippen molar-refractivity contribution in [1.29, 1.82) is 0 Å². The van der Waals surface area contributed by atoms with Gasteiger partial charge in [0, 0.05) is 17.6 Å². The van der Waals surface area contributed by atoms with E-state index in [1.807, 2.05) is 56.3 Å². The van der Waals surface area contributed by atoms with Crippen molar-refractivity contribution in [2.24, 2.45) is 0 Å². The summed E-state index contributed by atoms with van der Waals surface area (Å²) in [7, 11) is 0. The number of amides is 1. The fourth-order valence-electron chi connectivity index (χ4n) is 2.86. The highest BCUT2D eigenvalue weighted by molar-refractivity contribution is 7.99. The van der Waals surface area contributed by atoms with Gasteiger partial charge in [-0.1, -0.05) is 47.6 Å². The number of para-hydroxylation sites is 1. The summed E-state index contributed by atoms with van der Waals surface area (Å²) in [6.07, 6.45) is 0.735. The van der Waals surface area contributed by atoms with Crippen molar-refractivity contribution in [3.63, 3.8) is 0 Å². The number of carbonyl (C=O) groups excluding carboxylic acids is 1. The van der Waals surface area contributed by atoms with Gasteiger partial charge in [-0.15, -0.1) is 0 Å². The smallest absolute Gasteiger partial charge is 0.262 e. The van der Waals surface area contributed by atoms with Gasteiger partial charge in [-0.2, -0.15) is 0 Å². The van der Waals surface area contributed by atoms with Crippen LogP contribution in [0.25, 0.3) is 10.9 Å². The Morgan fingerprint density at radius 1 is 1.18 bits per heavy atom. The zero-order chi connectivity index (χ0) is 20.1. The lowest BCUT2D eigenvalue weighted by Crippen LogP contribution is -2.29. The Morgan fingerprint density at radius 3 is 2.61 bits per heavy atom. The maximum Gasteiger partial charge on any atom is 0.262 e. The number of nitrogens with one attached hydrogen (secondary N) is 1. The zero-order valence-corrected chi connectivity index (χ0v) is 17.4. The standard InChI is InChI=1S/C21H22ClN3O2S/c1-14(2)25-20(27)17-5-3-4-6-18(17)24-21(25)28-13-19(26)23-12-11-15-7-9-16(22)10-8-15/h3-10,14H,11-13H2,1-2H3,(H,23,26). The van der Waals surface area contributed by atoms with Crippen LogP contribution >= 0.6 is 23.4 Å². The van der Waals surface area contributed by atoms with E-state index in [2.05, 4.69) is 10.3 Å². The predicted molar refractivity (Wildman–Crippen MR) is 115 cm³/mol. The summed E-state index contributed by atoms with van der Waals surface area (Å²) >= 11 is 7.16. The number of thioether (sulfide) groups is 1. The molecule has 0 aliphatic carbocycles. The molecule has 0 saturated carbocycles. The van der Waals surface area contributed by atoms with E-state index in [4.69, 9.17) is 11.6 Å². The third kappa shape index (κ3) is 4.94. The Morgan fingerprint density at radius 2 is 1.89 bits per heavy atom. The zero-order valence-electron chi connectivity index (χ0n) is 15.8. The van der Waals surface area contributed by atoms with E-state index in [0.29, 0.717) is 27.6 Å². The third-order valence-corrected chi connectivity index (χ3v) is 5.48. The summed E-state index contributed by atoms with van der Waals surface area (Å²) in [5, 5.41) is 4.76. The predicted octanol–water partition coefficient (Wildman–Crippen LogP) is 4.08. The summed E-state index contributed by atoms with van der Waals surface area (Å²) in [5.74, 6) is 0.120. The molecule has 0 saturated heterocycles. The Kier molecular flexibility index (Phi) is 6.75. The molecule has 146 valence electrons. The summed E-state index contributed by atoms with van der Waals surface area (Å²) in [6.45, 7) is 4.42. The third-order valence-electron chi connectivity index (χ3n) is 4.27. The van der Waals surface area contributed by atoms with E-state index >= 15 is 0 Å². The van der Waals surface area contributed by atoms with Gasteiger partial charge in [0.25, 0.3) is 5.56 Å². The highest BCUT2D eigenvalue weighted by Crippen LogP contribution is 2.20. The molecule has 0 aliphatic heterocycles. The van der Waals surface area contributed by atoms with Gasteiger partial charge in [-0.3, -0.25) is 14.2 Å². The monoisotopic (exact) mass is 415 g/mol. The van der Waals surface area contributed by atoms with E-state index in [0.717, 1.165) is 12.0 Å². The van der Waals surface area contributed by atoms with Crippen LogP contribution < -0.4 is 10.9 Å². The van der Waals surface area contributed by atoms with Crippen LogP contribution in [-0.2, 0) is 11.2 Å². The van der Waals surface area contributed by atoms with Crippen molar-refractivity contribution >= 4 is 40.2 Å². The van der Waals surface area contributed by atoms with Gasteiger partial charge < -0.3 is 5.32 Å². The quantitative estimate of drug-likeness (QED) is 0.466. The molecule has 2 aromatic carbocycles. The fourth-order valence-corrected chi connectivity index (χ4v) is 3.95. The molecule has 0 radical (unpaired) electrons. The van der Waals surface area contributed by atoms with Crippen molar-refractivity contribution in [1.82, 2.24) is 14.9 Å². The molecule has 0 bridgehead atoms. The second-order valence-electron chi connectivity index (χ2n) is 6.70. The normalized spacial score (nSPS) is 11.1. The molecule has 0 aliphatic rings. The topological polar surface area (TPSA) is 64.0 Å². The van der Waals surface area contributed by atoms with E-state index in [1.54, 1.807) is 10.6 Å². The van der Waals surface area contributed by atoms with Crippen molar-refractivity contribution in [3.8, 4) is 0 Å². The Labute approximate surface area is 173 Å². The lowest BCUT2D eigenvalue weighted by molar-refractivity contribution is -0.118. The molecule has 0 fully saturated rings. The molecular weight excluding hydrogens is 394 g/mol. The SMILES string of the molecule is CC(C)n1c(SCC(=O)NCCc2ccc(Cl)cc2)nc2ccccc2c1=O. The van der Waals surface area contributed by atoms with E-state index in [-0.39, 0.29) is 23.3 Å². The molecule has 3 rings (SSSR count). The number of aromatic nitrogens is 2. The molecular formula is C21H22ClN3O2S. The molecule has 3 aromatic rings. The molecule has 5 nitrogen and oxygen atoms in total. The van der Waals surface area contributed by atoms with Gasteiger partial charge in [0.15, 0.2) is 5.16 Å². The van der Waals surface area contributed by atoms with Crippen LogP contribution in [0.2, 0.25) is 5.02 Å². The van der Waals surface area contributed by atoms with Crippen LogP contribution in [0.4, 0.5) is 0 Å². The molecule has 0 atom stereocenters. The number of carbonyl (C=O) groups is 1. The van der Waals surface area contributed by atoms with Crippen LogP contribution in [0.15, 0.2) is 58.5 Å². The highest BCUT2D eigenvalue weighted by atomic mass is 35.5. The van der Waals surface area contributed by atoms with Gasteiger partial charge in [-0.25, -0.2) is 4.98 Å². The van der Waals surface area contributed by atoms with Crippen LogP contribution in [0.1, 0.15) is 25.5 Å². The number of rotatable bonds is 7. The number of hydrogen-bond donors (Lipinski definition) is 1. The second-order valence-corrected chi connectivity index (χ2v) is 8.07. The first-order valence-corrected chi connectivity index (χ1v) is 10.5. The number of hydrogen-bond acceptors (Lipinski definition) is 4. The number of halogens is 1. The Balaban J connectivity index is 1.64. The van der Waals surface area contributed by atoms with Crippen molar-refractivity contribution in [2.45, 2.75) is 31.5 Å². The van der Waals surface area contributed by atoms with Crippen molar-refractivity contribution in [2.75, 3.05) is 12.3 Å². The summed E-state index contributed by atoms with van der Waals surface area (Å²) in [4.78, 5) is 29.6. The highest BCUT2D eigenvalue weighted by Gasteiger charge is 2.15. The largest absolute Gasteiger partial charge is 0.355 e. The van der Waals surface area contributed by atoms with Gasteiger partial charge >= 0.3 is 0 Å². The van der Waals surface area contributed by atoms with Crippen LogP contribution in [0.5, 0.6) is 0 Å². The lowest BCUT2D eigenvalue weighted by atomic mass is 10.1. The van der Waals surface area contributed by atoms with Crippen LogP contribution in [0, 0.1) is 0 Å². The number of benzene rings is 2. The Hall–Kier alpha value is -2.31. The second kappa shape index (κ2) is 9.26. The Bertz CT molecular complexity index is 1030. The van der Waals surface area contributed by atoms with Gasteiger partial charge in [0.2, 0.25) is 5.91 Å². The molecule has 1 aromatic heterocycles. The minimum absolute atomic E-state index is 0.0416. The fraction of sp³-hybridized carbons (Fsp3) is 0.286. The number of fused-ring (bicyclic) bond motifs is 1. The van der Waals surface area contributed by atoms with Gasteiger partial charge in [0.1, 0.15) is 0 Å². The molecule has 0 unspecified atom stereocenters. The summed E-state index contributed by atoms with van der Waals surface area (Å²) in [6, 6.07) is 14.8. The average Bonchev–Trinajstić information content (AvgIpc) is 2.67. The van der Waals surface area contributed by atoms with Crippen molar-refractivity contribution < 1.29 is 4.79 Å².